The number of aromatic nitrogens is 2. The van der Waals surface area contributed by atoms with Crippen molar-refractivity contribution in [3.05, 3.63) is 54.0 Å². The molecule has 1 N–H and O–H groups in total. The molecule has 3 fully saturated rings. The van der Waals surface area contributed by atoms with Crippen molar-refractivity contribution in [1.29, 1.82) is 0 Å². The van der Waals surface area contributed by atoms with E-state index in [9.17, 15) is 12.8 Å². The van der Waals surface area contributed by atoms with E-state index in [4.69, 9.17) is 4.74 Å². The Morgan fingerprint density at radius 3 is 2.59 bits per heavy atom. The molecule has 1 saturated heterocycles. The fraction of sp³-hybridized carbons (Fsp3) is 0.600. The molecule has 0 bridgehead atoms. The molecule has 0 amide bonds. The van der Waals surface area contributed by atoms with Gasteiger partial charge in [0.15, 0.2) is 5.82 Å². The highest BCUT2D eigenvalue weighted by molar-refractivity contribution is 7.90. The van der Waals surface area contributed by atoms with Crippen LogP contribution in [0.25, 0.3) is 0 Å². The van der Waals surface area contributed by atoms with Crippen LogP contribution < -0.4 is 9.62 Å². The SMILES string of the molecule is O=S(=O)(N[C@H]1CCN(c2cccnn2)C[C@H]1OCC1CCC(c2cccc(F)c2)CC1)C1CC1. The predicted molar refractivity (Wildman–Crippen MR) is 129 cm³/mol. The van der Waals surface area contributed by atoms with E-state index in [-0.39, 0.29) is 23.2 Å². The topological polar surface area (TPSA) is 84.4 Å². The van der Waals surface area contributed by atoms with Crippen molar-refractivity contribution in [3.63, 3.8) is 0 Å². The summed E-state index contributed by atoms with van der Waals surface area (Å²) in [5.41, 5.74) is 1.08. The van der Waals surface area contributed by atoms with Gasteiger partial charge in [0, 0.05) is 25.9 Å². The fourth-order valence-electron chi connectivity index (χ4n) is 5.26. The molecule has 0 radical (unpaired) electrons. The summed E-state index contributed by atoms with van der Waals surface area (Å²) in [5.74, 6) is 1.44. The second-order valence-corrected chi connectivity index (χ2v) is 11.9. The number of nitrogens with one attached hydrogen (secondary N) is 1. The summed E-state index contributed by atoms with van der Waals surface area (Å²) < 4.78 is 48.2. The Balaban J connectivity index is 1.20. The van der Waals surface area contributed by atoms with Crippen LogP contribution in [0, 0.1) is 11.7 Å². The third-order valence-corrected chi connectivity index (χ3v) is 9.41. The summed E-state index contributed by atoms with van der Waals surface area (Å²) in [6.45, 7) is 1.89. The van der Waals surface area contributed by atoms with Crippen LogP contribution in [-0.4, -0.2) is 55.7 Å². The number of benzene rings is 1. The minimum atomic E-state index is -3.29. The quantitative estimate of drug-likeness (QED) is 0.611. The van der Waals surface area contributed by atoms with E-state index in [1.165, 1.54) is 6.07 Å². The summed E-state index contributed by atoms with van der Waals surface area (Å²) in [5, 5.41) is 7.96. The molecule has 3 aliphatic rings. The van der Waals surface area contributed by atoms with Gasteiger partial charge in [-0.25, -0.2) is 17.5 Å². The Labute approximate surface area is 201 Å². The molecule has 1 aromatic heterocycles. The minimum Gasteiger partial charge on any atom is -0.374 e. The van der Waals surface area contributed by atoms with Gasteiger partial charge >= 0.3 is 0 Å². The number of anilines is 1. The van der Waals surface area contributed by atoms with Crippen LogP contribution in [-0.2, 0) is 14.8 Å². The van der Waals surface area contributed by atoms with Crippen molar-refractivity contribution in [2.24, 2.45) is 5.92 Å². The van der Waals surface area contributed by atoms with E-state index in [1.54, 1.807) is 18.3 Å². The van der Waals surface area contributed by atoms with Gasteiger partial charge in [-0.05, 0) is 86.6 Å². The van der Waals surface area contributed by atoms with Gasteiger partial charge in [-0.15, -0.1) is 5.10 Å². The predicted octanol–water partition coefficient (Wildman–Crippen LogP) is 3.64. The van der Waals surface area contributed by atoms with Gasteiger partial charge in [0.25, 0.3) is 0 Å². The Bertz CT molecular complexity index is 1060. The summed E-state index contributed by atoms with van der Waals surface area (Å²) in [6, 6.07) is 10.5. The van der Waals surface area contributed by atoms with Gasteiger partial charge in [-0.3, -0.25) is 0 Å². The van der Waals surface area contributed by atoms with E-state index in [1.807, 2.05) is 18.2 Å². The van der Waals surface area contributed by atoms with Crippen LogP contribution >= 0.6 is 0 Å². The molecule has 184 valence electrons. The molecule has 2 aliphatic carbocycles. The van der Waals surface area contributed by atoms with Crippen molar-refractivity contribution in [1.82, 2.24) is 14.9 Å². The maximum atomic E-state index is 13.6. The van der Waals surface area contributed by atoms with Gasteiger partial charge in [0.05, 0.1) is 17.4 Å². The summed E-state index contributed by atoms with van der Waals surface area (Å²) in [4.78, 5) is 2.13. The zero-order chi connectivity index (χ0) is 23.5. The van der Waals surface area contributed by atoms with Gasteiger partial charge in [0.1, 0.15) is 5.82 Å². The van der Waals surface area contributed by atoms with Gasteiger partial charge < -0.3 is 9.64 Å². The summed E-state index contributed by atoms with van der Waals surface area (Å²) in [7, 11) is -3.29. The number of nitrogens with zero attached hydrogens (tertiary/aromatic N) is 3. The number of hydrogen-bond acceptors (Lipinski definition) is 6. The second-order valence-electron chi connectivity index (χ2n) is 9.93. The van der Waals surface area contributed by atoms with Crippen molar-refractivity contribution in [2.75, 3.05) is 24.6 Å². The standard InChI is InChI=1S/C25H33FN4O3S/c26-21-4-1-3-20(15-21)19-8-6-18(7-9-19)17-33-24-16-30(25-5-2-13-27-28-25)14-12-23(24)29-34(31,32)22-10-11-22/h1-5,13,15,18-19,22-24,29H,6-12,14,16-17H2/t18?,19?,23-,24+/m0/s1. The molecule has 1 aliphatic heterocycles. The average Bonchev–Trinajstić information content (AvgIpc) is 3.71. The number of sulfonamides is 1. The molecule has 2 saturated carbocycles. The van der Waals surface area contributed by atoms with E-state index < -0.39 is 10.0 Å². The molecule has 1 aromatic carbocycles. The van der Waals surface area contributed by atoms with Crippen molar-refractivity contribution in [3.8, 4) is 0 Å². The lowest BCUT2D eigenvalue weighted by molar-refractivity contribution is -0.00135. The maximum Gasteiger partial charge on any atom is 0.214 e. The van der Waals surface area contributed by atoms with E-state index >= 15 is 0 Å². The Kier molecular flexibility index (Phi) is 7.13. The first-order valence-corrected chi connectivity index (χ1v) is 13.9. The number of halogens is 1. The monoisotopic (exact) mass is 488 g/mol. The molecule has 2 atom stereocenters. The summed E-state index contributed by atoms with van der Waals surface area (Å²) in [6.07, 6.45) is 7.65. The molecule has 2 aromatic rings. The first-order valence-electron chi connectivity index (χ1n) is 12.4. The largest absolute Gasteiger partial charge is 0.374 e. The lowest BCUT2D eigenvalue weighted by Gasteiger charge is -2.40. The maximum absolute atomic E-state index is 13.6. The van der Waals surface area contributed by atoms with E-state index in [0.717, 1.165) is 49.9 Å². The number of piperidine rings is 1. The van der Waals surface area contributed by atoms with Crippen molar-refractivity contribution < 1.29 is 17.5 Å². The summed E-state index contributed by atoms with van der Waals surface area (Å²) >= 11 is 0. The number of hydrogen-bond donors (Lipinski definition) is 1. The van der Waals surface area contributed by atoms with E-state index in [0.29, 0.717) is 38.0 Å². The number of ether oxygens (including phenoxy) is 1. The third kappa shape index (κ3) is 5.75. The highest BCUT2D eigenvalue weighted by Gasteiger charge is 2.40. The van der Waals surface area contributed by atoms with Gasteiger partial charge in [-0.1, -0.05) is 12.1 Å². The first kappa shape index (κ1) is 23.6. The zero-order valence-corrected chi connectivity index (χ0v) is 20.2. The highest BCUT2D eigenvalue weighted by Crippen LogP contribution is 2.36. The Morgan fingerprint density at radius 1 is 1.06 bits per heavy atom. The fourth-order valence-corrected chi connectivity index (χ4v) is 6.90. The lowest BCUT2D eigenvalue weighted by atomic mass is 9.79. The van der Waals surface area contributed by atoms with Crippen LogP contribution in [0.2, 0.25) is 0 Å². The molecule has 2 heterocycles. The molecular weight excluding hydrogens is 455 g/mol. The van der Waals surface area contributed by atoms with Crippen molar-refractivity contribution >= 4 is 15.8 Å². The Morgan fingerprint density at radius 2 is 1.88 bits per heavy atom. The third-order valence-electron chi connectivity index (χ3n) is 7.43. The molecule has 0 spiro atoms. The molecule has 9 heteroatoms. The van der Waals surface area contributed by atoms with Crippen molar-refractivity contribution in [2.45, 2.75) is 68.3 Å². The van der Waals surface area contributed by atoms with Gasteiger partial charge in [-0.2, -0.15) is 5.10 Å². The van der Waals surface area contributed by atoms with Gasteiger partial charge in [0.2, 0.25) is 10.0 Å². The zero-order valence-electron chi connectivity index (χ0n) is 19.4. The molecular formula is C25H33FN4O3S. The molecule has 7 nitrogen and oxygen atoms in total. The first-order chi connectivity index (χ1) is 16.5. The lowest BCUT2D eigenvalue weighted by Crippen LogP contribution is -2.56. The molecule has 5 rings (SSSR count). The smallest absolute Gasteiger partial charge is 0.214 e. The second kappa shape index (κ2) is 10.3. The molecule has 0 unspecified atom stereocenters. The molecule has 34 heavy (non-hydrogen) atoms. The minimum absolute atomic E-state index is 0.174. The van der Waals surface area contributed by atoms with Crippen LogP contribution in [0.3, 0.4) is 0 Å². The van der Waals surface area contributed by atoms with Crippen LogP contribution in [0.15, 0.2) is 42.6 Å². The highest BCUT2D eigenvalue weighted by atomic mass is 32.2. The average molecular weight is 489 g/mol. The van der Waals surface area contributed by atoms with Crippen LogP contribution in [0.4, 0.5) is 10.2 Å². The van der Waals surface area contributed by atoms with Crippen LogP contribution in [0.5, 0.6) is 0 Å². The Hall–Kier alpha value is -2.10. The van der Waals surface area contributed by atoms with Crippen LogP contribution in [0.1, 0.15) is 56.4 Å². The normalized spacial score (nSPS) is 28.1. The number of rotatable bonds is 8. The van der Waals surface area contributed by atoms with E-state index in [2.05, 4.69) is 19.8 Å².